The van der Waals surface area contributed by atoms with E-state index < -0.39 is 17.8 Å². The van der Waals surface area contributed by atoms with E-state index in [1.807, 2.05) is 13.0 Å². The van der Waals surface area contributed by atoms with Crippen LogP contribution >= 0.6 is 0 Å². The summed E-state index contributed by atoms with van der Waals surface area (Å²) >= 11 is 0. The SMILES string of the molecule is COc1cc(C=C2C(C)=C(C(NCc3ccco3)C(N)=O)c3cc(F)ccc32)cc(OC)c1O. The van der Waals surface area contributed by atoms with Gasteiger partial charge in [0.05, 0.1) is 27.0 Å². The van der Waals surface area contributed by atoms with Crippen LogP contribution in [0.4, 0.5) is 4.39 Å². The van der Waals surface area contributed by atoms with Gasteiger partial charge in [-0.1, -0.05) is 6.07 Å². The molecule has 2 aromatic carbocycles. The number of carbonyl (C=O) groups is 1. The molecular formula is C26H25FN2O5. The van der Waals surface area contributed by atoms with Crippen LogP contribution in [0.3, 0.4) is 0 Å². The number of amides is 1. The van der Waals surface area contributed by atoms with Gasteiger partial charge in [-0.05, 0) is 82.8 Å². The molecule has 1 atom stereocenters. The molecule has 4 N–H and O–H groups in total. The van der Waals surface area contributed by atoms with Gasteiger partial charge in [0.15, 0.2) is 11.5 Å². The molecule has 176 valence electrons. The molecule has 0 spiro atoms. The van der Waals surface area contributed by atoms with E-state index in [0.717, 1.165) is 16.7 Å². The Labute approximate surface area is 196 Å². The molecule has 7 nitrogen and oxygen atoms in total. The maximum Gasteiger partial charge on any atom is 0.239 e. The normalized spacial score (nSPS) is 14.9. The van der Waals surface area contributed by atoms with Crippen LogP contribution in [0.25, 0.3) is 17.2 Å². The number of methoxy groups -OCH3 is 2. The van der Waals surface area contributed by atoms with Crippen LogP contribution < -0.4 is 20.5 Å². The molecule has 4 rings (SSSR count). The van der Waals surface area contributed by atoms with Gasteiger partial charge in [-0.25, -0.2) is 4.39 Å². The van der Waals surface area contributed by atoms with Crippen molar-refractivity contribution >= 4 is 23.1 Å². The first-order chi connectivity index (χ1) is 16.3. The molecule has 0 fully saturated rings. The second-order valence-corrected chi connectivity index (χ2v) is 7.86. The van der Waals surface area contributed by atoms with Crippen molar-refractivity contribution in [2.75, 3.05) is 14.2 Å². The lowest BCUT2D eigenvalue weighted by molar-refractivity contribution is -0.118. The summed E-state index contributed by atoms with van der Waals surface area (Å²) < 4.78 is 30.2. The van der Waals surface area contributed by atoms with Gasteiger partial charge in [0.1, 0.15) is 17.6 Å². The lowest BCUT2D eigenvalue weighted by Crippen LogP contribution is -2.41. The van der Waals surface area contributed by atoms with Crippen molar-refractivity contribution in [2.45, 2.75) is 19.5 Å². The molecule has 1 heterocycles. The minimum atomic E-state index is -0.875. The summed E-state index contributed by atoms with van der Waals surface area (Å²) in [6.45, 7) is 2.13. The Kier molecular flexibility index (Phi) is 6.43. The van der Waals surface area contributed by atoms with Gasteiger partial charge >= 0.3 is 0 Å². The fraction of sp³-hybridized carbons (Fsp3) is 0.192. The number of ether oxygens (including phenoxy) is 2. The van der Waals surface area contributed by atoms with Gasteiger partial charge in [0.2, 0.25) is 11.7 Å². The van der Waals surface area contributed by atoms with Crippen LogP contribution in [-0.4, -0.2) is 31.3 Å². The Bertz CT molecular complexity index is 1270. The van der Waals surface area contributed by atoms with Crippen molar-refractivity contribution in [3.05, 3.63) is 82.6 Å². The quantitative estimate of drug-likeness (QED) is 0.463. The lowest BCUT2D eigenvalue weighted by Gasteiger charge is -2.18. The zero-order valence-corrected chi connectivity index (χ0v) is 19.0. The molecule has 1 aliphatic rings. The van der Waals surface area contributed by atoms with Crippen molar-refractivity contribution in [3.63, 3.8) is 0 Å². The van der Waals surface area contributed by atoms with Gasteiger partial charge in [0.25, 0.3) is 0 Å². The molecule has 0 bridgehead atoms. The van der Waals surface area contributed by atoms with E-state index in [-0.39, 0.29) is 23.8 Å². The number of phenols is 1. The molecule has 0 radical (unpaired) electrons. The minimum absolute atomic E-state index is 0.107. The summed E-state index contributed by atoms with van der Waals surface area (Å²) in [5.41, 5.74) is 9.94. The summed E-state index contributed by atoms with van der Waals surface area (Å²) in [6.07, 6.45) is 3.41. The Balaban J connectivity index is 1.84. The highest BCUT2D eigenvalue weighted by Gasteiger charge is 2.32. The lowest BCUT2D eigenvalue weighted by atomic mass is 9.97. The molecule has 34 heavy (non-hydrogen) atoms. The van der Waals surface area contributed by atoms with Crippen molar-refractivity contribution in [1.82, 2.24) is 5.32 Å². The number of hydrogen-bond donors (Lipinski definition) is 3. The number of nitrogens with one attached hydrogen (secondary N) is 1. The fourth-order valence-electron chi connectivity index (χ4n) is 4.21. The molecule has 8 heteroatoms. The standard InChI is InChI=1S/C26H25FN2O5/c1-14-19(9-15-10-21(32-2)25(30)22(11-15)33-3)18-7-6-16(27)12-20(18)23(14)24(26(28)31)29-13-17-5-4-8-34-17/h4-12,24,29-30H,13H2,1-3H3,(H2,28,31). The Hall–Kier alpha value is -4.04. The number of aromatic hydroxyl groups is 1. The Morgan fingerprint density at radius 1 is 1.18 bits per heavy atom. The number of nitrogens with two attached hydrogens (primary N) is 1. The van der Waals surface area contributed by atoms with Crippen LogP contribution in [0.1, 0.15) is 29.4 Å². The van der Waals surface area contributed by atoms with E-state index in [9.17, 15) is 14.3 Å². The smallest absolute Gasteiger partial charge is 0.239 e. The number of hydrogen-bond acceptors (Lipinski definition) is 6. The summed E-state index contributed by atoms with van der Waals surface area (Å²) in [5.74, 6) is 0.0183. The van der Waals surface area contributed by atoms with Crippen molar-refractivity contribution in [2.24, 2.45) is 5.73 Å². The van der Waals surface area contributed by atoms with Gasteiger partial charge < -0.3 is 24.7 Å². The van der Waals surface area contributed by atoms with E-state index in [0.29, 0.717) is 22.5 Å². The molecule has 1 amide bonds. The maximum atomic E-state index is 14.3. The second-order valence-electron chi connectivity index (χ2n) is 7.86. The first-order valence-corrected chi connectivity index (χ1v) is 10.6. The van der Waals surface area contributed by atoms with E-state index >= 15 is 0 Å². The predicted octanol–water partition coefficient (Wildman–Crippen LogP) is 4.11. The van der Waals surface area contributed by atoms with Crippen molar-refractivity contribution in [1.29, 1.82) is 0 Å². The number of halogens is 1. The monoisotopic (exact) mass is 464 g/mol. The molecule has 1 aromatic heterocycles. The fourth-order valence-corrected chi connectivity index (χ4v) is 4.21. The van der Waals surface area contributed by atoms with Gasteiger partial charge in [-0.2, -0.15) is 0 Å². The van der Waals surface area contributed by atoms with Gasteiger partial charge in [-0.3, -0.25) is 10.1 Å². The van der Waals surface area contributed by atoms with E-state index in [4.69, 9.17) is 19.6 Å². The number of furan rings is 1. The second kappa shape index (κ2) is 9.44. The van der Waals surface area contributed by atoms with Crippen LogP contribution in [0.2, 0.25) is 0 Å². The average molecular weight is 464 g/mol. The van der Waals surface area contributed by atoms with Crippen LogP contribution in [0, 0.1) is 5.82 Å². The van der Waals surface area contributed by atoms with E-state index in [1.165, 1.54) is 26.4 Å². The molecule has 1 aliphatic carbocycles. The number of carbonyl (C=O) groups excluding carboxylic acids is 1. The van der Waals surface area contributed by atoms with Crippen LogP contribution in [0.5, 0.6) is 17.2 Å². The number of phenolic OH excluding ortho intramolecular Hbond substituents is 1. The highest BCUT2D eigenvalue weighted by molar-refractivity contribution is 6.10. The molecule has 0 saturated carbocycles. The van der Waals surface area contributed by atoms with Crippen LogP contribution in [0.15, 0.2) is 58.7 Å². The molecule has 0 aliphatic heterocycles. The predicted molar refractivity (Wildman–Crippen MR) is 127 cm³/mol. The average Bonchev–Trinajstić information content (AvgIpc) is 3.42. The first-order valence-electron chi connectivity index (χ1n) is 10.6. The van der Waals surface area contributed by atoms with Crippen molar-refractivity contribution < 1.29 is 28.2 Å². The Morgan fingerprint density at radius 2 is 1.88 bits per heavy atom. The highest BCUT2D eigenvalue weighted by Crippen LogP contribution is 2.45. The zero-order valence-electron chi connectivity index (χ0n) is 19.0. The van der Waals surface area contributed by atoms with Gasteiger partial charge in [0, 0.05) is 0 Å². The third-order valence-electron chi connectivity index (χ3n) is 5.82. The molecular weight excluding hydrogens is 439 g/mol. The van der Waals surface area contributed by atoms with Gasteiger partial charge in [-0.15, -0.1) is 0 Å². The topological polar surface area (TPSA) is 107 Å². The minimum Gasteiger partial charge on any atom is -0.502 e. The Morgan fingerprint density at radius 3 is 2.47 bits per heavy atom. The number of benzene rings is 2. The molecule has 0 saturated heterocycles. The third-order valence-corrected chi connectivity index (χ3v) is 5.82. The molecule has 1 unspecified atom stereocenters. The van der Waals surface area contributed by atoms with E-state index in [2.05, 4.69) is 5.32 Å². The maximum absolute atomic E-state index is 14.3. The number of primary amides is 1. The number of allylic oxidation sites excluding steroid dienone is 2. The number of rotatable bonds is 8. The van der Waals surface area contributed by atoms with Crippen LogP contribution in [-0.2, 0) is 11.3 Å². The highest BCUT2D eigenvalue weighted by atomic mass is 19.1. The summed E-state index contributed by atoms with van der Waals surface area (Å²) in [5, 5.41) is 13.4. The van der Waals surface area contributed by atoms with Crippen molar-refractivity contribution in [3.8, 4) is 17.2 Å². The molecule has 3 aromatic rings. The largest absolute Gasteiger partial charge is 0.502 e. The summed E-state index contributed by atoms with van der Waals surface area (Å²) in [4.78, 5) is 12.5. The summed E-state index contributed by atoms with van der Waals surface area (Å²) in [7, 11) is 2.90. The first kappa shape index (κ1) is 23.1. The zero-order chi connectivity index (χ0) is 24.4. The third kappa shape index (κ3) is 4.27. The summed E-state index contributed by atoms with van der Waals surface area (Å²) in [6, 6.07) is 10.4. The van der Waals surface area contributed by atoms with E-state index in [1.54, 1.807) is 36.6 Å². The number of fused-ring (bicyclic) bond motifs is 1.